The highest BCUT2D eigenvalue weighted by Gasteiger charge is 2.20. The molecular formula is C14H20N2O2. The molecule has 0 aliphatic heterocycles. The molecule has 4 nitrogen and oxygen atoms in total. The standard InChI is InChI=1S/C14H20N2O2/c1-9-8-12(13(14(17)18)10(2)16-9)15-7-3-4-11-5-6-11/h8,11H,3-7H2,1-2H3,(H,15,16)(H,17,18). The number of nitrogens with one attached hydrogen (secondary N) is 1. The second kappa shape index (κ2) is 5.38. The molecule has 1 heterocycles. The van der Waals surface area contributed by atoms with Gasteiger partial charge in [0.2, 0.25) is 0 Å². The zero-order valence-electron chi connectivity index (χ0n) is 11.0. The molecule has 0 atom stereocenters. The van der Waals surface area contributed by atoms with Crippen LogP contribution < -0.4 is 5.32 Å². The normalized spacial score (nSPS) is 14.6. The van der Waals surface area contributed by atoms with Crippen LogP contribution in [-0.4, -0.2) is 22.6 Å². The summed E-state index contributed by atoms with van der Waals surface area (Å²) in [6.45, 7) is 4.46. The van der Waals surface area contributed by atoms with Crippen LogP contribution in [0.15, 0.2) is 6.07 Å². The van der Waals surface area contributed by atoms with Crippen LogP contribution in [0.2, 0.25) is 0 Å². The first-order valence-corrected chi connectivity index (χ1v) is 6.53. The first-order chi connectivity index (χ1) is 8.58. The highest BCUT2D eigenvalue weighted by molar-refractivity contribution is 5.95. The fourth-order valence-electron chi connectivity index (χ4n) is 2.26. The number of hydrogen-bond donors (Lipinski definition) is 2. The van der Waals surface area contributed by atoms with Gasteiger partial charge in [0.15, 0.2) is 0 Å². The fraction of sp³-hybridized carbons (Fsp3) is 0.571. The van der Waals surface area contributed by atoms with Crippen molar-refractivity contribution in [3.05, 3.63) is 23.0 Å². The lowest BCUT2D eigenvalue weighted by atomic mass is 10.1. The molecule has 2 N–H and O–H groups in total. The number of hydrogen-bond acceptors (Lipinski definition) is 3. The molecule has 0 radical (unpaired) electrons. The molecule has 98 valence electrons. The minimum atomic E-state index is -0.912. The molecule has 1 saturated carbocycles. The molecule has 2 rings (SSSR count). The molecule has 1 aromatic rings. The van der Waals surface area contributed by atoms with Crippen LogP contribution in [0.3, 0.4) is 0 Å². The van der Waals surface area contributed by atoms with Crippen molar-refractivity contribution >= 4 is 11.7 Å². The number of carboxylic acids is 1. The van der Waals surface area contributed by atoms with Crippen molar-refractivity contribution in [2.45, 2.75) is 39.5 Å². The Morgan fingerprint density at radius 3 is 2.83 bits per heavy atom. The van der Waals surface area contributed by atoms with Crippen LogP contribution in [0.5, 0.6) is 0 Å². The molecule has 1 aliphatic rings. The van der Waals surface area contributed by atoms with Crippen LogP contribution in [-0.2, 0) is 0 Å². The molecule has 0 saturated heterocycles. The Morgan fingerprint density at radius 1 is 1.50 bits per heavy atom. The Bertz CT molecular complexity index is 453. The van der Waals surface area contributed by atoms with E-state index in [1.54, 1.807) is 6.92 Å². The van der Waals surface area contributed by atoms with Gasteiger partial charge in [-0.15, -0.1) is 0 Å². The Kier molecular flexibility index (Phi) is 3.84. The summed E-state index contributed by atoms with van der Waals surface area (Å²) in [5.41, 5.74) is 2.42. The van der Waals surface area contributed by atoms with Crippen LogP contribution >= 0.6 is 0 Å². The Balaban J connectivity index is 2.02. The van der Waals surface area contributed by atoms with Crippen molar-refractivity contribution in [2.75, 3.05) is 11.9 Å². The number of aromatic nitrogens is 1. The lowest BCUT2D eigenvalue weighted by molar-refractivity contribution is 0.0696. The topological polar surface area (TPSA) is 62.2 Å². The maximum absolute atomic E-state index is 11.2. The number of pyridine rings is 1. The Morgan fingerprint density at radius 2 is 2.22 bits per heavy atom. The second-order valence-corrected chi connectivity index (χ2v) is 5.09. The molecule has 0 bridgehead atoms. The quantitative estimate of drug-likeness (QED) is 0.760. The SMILES string of the molecule is Cc1cc(NCCCC2CC2)c(C(=O)O)c(C)n1. The first-order valence-electron chi connectivity index (χ1n) is 6.53. The lowest BCUT2D eigenvalue weighted by Crippen LogP contribution is -2.11. The summed E-state index contributed by atoms with van der Waals surface area (Å²) < 4.78 is 0. The Labute approximate surface area is 107 Å². The van der Waals surface area contributed by atoms with Crippen LogP contribution in [0, 0.1) is 19.8 Å². The van der Waals surface area contributed by atoms with Gasteiger partial charge in [-0.2, -0.15) is 0 Å². The third kappa shape index (κ3) is 3.22. The van der Waals surface area contributed by atoms with Crippen LogP contribution in [0.25, 0.3) is 0 Å². The molecule has 0 unspecified atom stereocenters. The number of rotatable bonds is 6. The van der Waals surface area contributed by atoms with Crippen molar-refractivity contribution in [1.82, 2.24) is 4.98 Å². The fourth-order valence-corrected chi connectivity index (χ4v) is 2.26. The van der Waals surface area contributed by atoms with Gasteiger partial charge < -0.3 is 10.4 Å². The van der Waals surface area contributed by atoms with Gasteiger partial charge in [-0.3, -0.25) is 4.98 Å². The van der Waals surface area contributed by atoms with E-state index in [-0.39, 0.29) is 0 Å². The number of carboxylic acid groups (broad SMARTS) is 1. The average molecular weight is 248 g/mol. The van der Waals surface area contributed by atoms with Gasteiger partial charge >= 0.3 is 5.97 Å². The van der Waals surface area contributed by atoms with E-state index < -0.39 is 5.97 Å². The number of anilines is 1. The molecule has 0 amide bonds. The largest absolute Gasteiger partial charge is 0.478 e. The number of carbonyl (C=O) groups is 1. The predicted octanol–water partition coefficient (Wildman–Crippen LogP) is 3.00. The van der Waals surface area contributed by atoms with E-state index in [1.165, 1.54) is 19.3 Å². The van der Waals surface area contributed by atoms with Crippen molar-refractivity contribution in [3.8, 4) is 0 Å². The monoisotopic (exact) mass is 248 g/mol. The van der Waals surface area contributed by atoms with Crippen molar-refractivity contribution in [1.29, 1.82) is 0 Å². The second-order valence-electron chi connectivity index (χ2n) is 5.09. The summed E-state index contributed by atoms with van der Waals surface area (Å²) in [5, 5.41) is 12.5. The third-order valence-corrected chi connectivity index (χ3v) is 3.34. The minimum Gasteiger partial charge on any atom is -0.478 e. The summed E-state index contributed by atoms with van der Waals surface area (Å²) in [7, 11) is 0. The van der Waals surface area contributed by atoms with E-state index in [2.05, 4.69) is 10.3 Å². The zero-order valence-corrected chi connectivity index (χ0v) is 11.0. The van der Waals surface area contributed by atoms with E-state index in [9.17, 15) is 9.90 Å². The molecule has 1 aromatic heterocycles. The van der Waals surface area contributed by atoms with Gasteiger partial charge in [0.1, 0.15) is 5.56 Å². The zero-order chi connectivity index (χ0) is 13.1. The van der Waals surface area contributed by atoms with E-state index in [0.717, 1.165) is 24.6 Å². The van der Waals surface area contributed by atoms with Crippen molar-refractivity contribution in [2.24, 2.45) is 5.92 Å². The van der Waals surface area contributed by atoms with Crippen molar-refractivity contribution in [3.63, 3.8) is 0 Å². The van der Waals surface area contributed by atoms with Gasteiger partial charge in [0, 0.05) is 12.2 Å². The maximum Gasteiger partial charge on any atom is 0.339 e. The minimum absolute atomic E-state index is 0.298. The number of aryl methyl sites for hydroxylation is 2. The summed E-state index contributed by atoms with van der Waals surface area (Å²) in [6.07, 6.45) is 5.09. The highest BCUT2D eigenvalue weighted by atomic mass is 16.4. The summed E-state index contributed by atoms with van der Waals surface area (Å²) in [4.78, 5) is 15.4. The molecule has 18 heavy (non-hydrogen) atoms. The highest BCUT2D eigenvalue weighted by Crippen LogP contribution is 2.33. The van der Waals surface area contributed by atoms with E-state index in [4.69, 9.17) is 0 Å². The molecular weight excluding hydrogens is 228 g/mol. The summed E-state index contributed by atoms with van der Waals surface area (Å²) in [6, 6.07) is 1.81. The first kappa shape index (κ1) is 12.9. The predicted molar refractivity (Wildman–Crippen MR) is 71.1 cm³/mol. The average Bonchev–Trinajstić information content (AvgIpc) is 3.06. The molecule has 1 fully saturated rings. The summed E-state index contributed by atoms with van der Waals surface area (Å²) in [5.74, 6) is 0.0105. The van der Waals surface area contributed by atoms with Gasteiger partial charge in [-0.1, -0.05) is 12.8 Å². The third-order valence-electron chi connectivity index (χ3n) is 3.34. The molecule has 0 spiro atoms. The molecule has 1 aliphatic carbocycles. The maximum atomic E-state index is 11.2. The smallest absolute Gasteiger partial charge is 0.339 e. The number of nitrogens with zero attached hydrogens (tertiary/aromatic N) is 1. The van der Waals surface area contributed by atoms with Crippen LogP contribution in [0.4, 0.5) is 5.69 Å². The summed E-state index contributed by atoms with van der Waals surface area (Å²) >= 11 is 0. The number of aromatic carboxylic acids is 1. The van der Waals surface area contributed by atoms with Gasteiger partial charge in [0.05, 0.1) is 11.4 Å². The van der Waals surface area contributed by atoms with Gasteiger partial charge in [-0.25, -0.2) is 4.79 Å². The van der Waals surface area contributed by atoms with Crippen molar-refractivity contribution < 1.29 is 9.90 Å². The van der Waals surface area contributed by atoms with Gasteiger partial charge in [-0.05, 0) is 38.7 Å². The van der Waals surface area contributed by atoms with Crippen LogP contribution in [0.1, 0.15) is 47.4 Å². The van der Waals surface area contributed by atoms with E-state index in [1.807, 2.05) is 13.0 Å². The molecule has 4 heteroatoms. The molecule has 0 aromatic carbocycles. The Hall–Kier alpha value is -1.58. The lowest BCUT2D eigenvalue weighted by Gasteiger charge is -2.12. The van der Waals surface area contributed by atoms with E-state index >= 15 is 0 Å². The van der Waals surface area contributed by atoms with E-state index in [0.29, 0.717) is 16.9 Å². The van der Waals surface area contributed by atoms with Gasteiger partial charge in [0.25, 0.3) is 0 Å².